The maximum atomic E-state index is 12.2. The van der Waals surface area contributed by atoms with Crippen molar-refractivity contribution < 1.29 is 19.1 Å². The SMILES string of the molecule is CCOC(=O)CNC(=O)C1CC(=O)N(c2cc(C)ccc2C)C1. The Morgan fingerprint density at radius 1 is 1.35 bits per heavy atom. The summed E-state index contributed by atoms with van der Waals surface area (Å²) in [4.78, 5) is 37.3. The molecule has 0 saturated carbocycles. The second kappa shape index (κ2) is 7.26. The number of amides is 2. The maximum absolute atomic E-state index is 12.2. The van der Waals surface area contributed by atoms with Gasteiger partial charge in [0.05, 0.1) is 12.5 Å². The Labute approximate surface area is 135 Å². The van der Waals surface area contributed by atoms with E-state index < -0.39 is 11.9 Å². The predicted molar refractivity (Wildman–Crippen MR) is 86.0 cm³/mol. The molecular weight excluding hydrogens is 296 g/mol. The van der Waals surface area contributed by atoms with Crippen LogP contribution >= 0.6 is 0 Å². The molecular formula is C17H22N2O4. The zero-order valence-electron chi connectivity index (χ0n) is 13.7. The molecule has 1 N–H and O–H groups in total. The zero-order valence-corrected chi connectivity index (χ0v) is 13.7. The summed E-state index contributed by atoms with van der Waals surface area (Å²) in [6.07, 6.45) is 0.155. The summed E-state index contributed by atoms with van der Waals surface area (Å²) >= 11 is 0. The number of anilines is 1. The van der Waals surface area contributed by atoms with Crippen molar-refractivity contribution in [3.63, 3.8) is 0 Å². The van der Waals surface area contributed by atoms with Crippen LogP contribution in [0.4, 0.5) is 5.69 Å². The highest BCUT2D eigenvalue weighted by atomic mass is 16.5. The molecule has 0 radical (unpaired) electrons. The van der Waals surface area contributed by atoms with Crippen LogP contribution in [0.2, 0.25) is 0 Å². The Morgan fingerprint density at radius 2 is 2.09 bits per heavy atom. The van der Waals surface area contributed by atoms with E-state index in [1.165, 1.54) is 0 Å². The van der Waals surface area contributed by atoms with Gasteiger partial charge < -0.3 is 15.0 Å². The molecule has 1 saturated heterocycles. The van der Waals surface area contributed by atoms with E-state index in [2.05, 4.69) is 5.32 Å². The van der Waals surface area contributed by atoms with Crippen molar-refractivity contribution in [1.82, 2.24) is 5.32 Å². The van der Waals surface area contributed by atoms with Crippen LogP contribution in [0.25, 0.3) is 0 Å². The van der Waals surface area contributed by atoms with Crippen LogP contribution < -0.4 is 10.2 Å². The molecule has 0 bridgehead atoms. The number of aryl methyl sites for hydroxylation is 2. The number of nitrogens with zero attached hydrogens (tertiary/aromatic N) is 1. The molecule has 2 amide bonds. The molecule has 1 aromatic carbocycles. The van der Waals surface area contributed by atoms with Gasteiger partial charge in [-0.3, -0.25) is 14.4 Å². The molecule has 1 aromatic rings. The van der Waals surface area contributed by atoms with Gasteiger partial charge in [-0.1, -0.05) is 12.1 Å². The Bertz CT molecular complexity index is 627. The maximum Gasteiger partial charge on any atom is 0.325 e. The van der Waals surface area contributed by atoms with Crippen molar-refractivity contribution in [3.8, 4) is 0 Å². The number of carbonyl (C=O) groups is 3. The van der Waals surface area contributed by atoms with Crippen LogP contribution in [0.3, 0.4) is 0 Å². The fourth-order valence-electron chi connectivity index (χ4n) is 2.64. The fourth-order valence-corrected chi connectivity index (χ4v) is 2.64. The summed E-state index contributed by atoms with van der Waals surface area (Å²) in [5, 5.41) is 2.54. The number of benzene rings is 1. The molecule has 0 aromatic heterocycles. The van der Waals surface area contributed by atoms with Gasteiger partial charge in [-0.05, 0) is 38.0 Å². The molecule has 1 unspecified atom stereocenters. The van der Waals surface area contributed by atoms with Gasteiger partial charge in [0.1, 0.15) is 6.54 Å². The Kier molecular flexibility index (Phi) is 5.36. The summed E-state index contributed by atoms with van der Waals surface area (Å²) < 4.78 is 4.76. The number of hydrogen-bond donors (Lipinski definition) is 1. The lowest BCUT2D eigenvalue weighted by molar-refractivity contribution is -0.143. The van der Waals surface area contributed by atoms with Crippen LogP contribution in [0.5, 0.6) is 0 Å². The molecule has 1 aliphatic heterocycles. The summed E-state index contributed by atoms with van der Waals surface area (Å²) in [6, 6.07) is 5.90. The van der Waals surface area contributed by atoms with Crippen molar-refractivity contribution in [3.05, 3.63) is 29.3 Å². The van der Waals surface area contributed by atoms with Gasteiger partial charge in [-0.15, -0.1) is 0 Å². The van der Waals surface area contributed by atoms with Crippen LogP contribution in [0, 0.1) is 19.8 Å². The molecule has 1 fully saturated rings. The van der Waals surface area contributed by atoms with Gasteiger partial charge in [-0.25, -0.2) is 0 Å². The summed E-state index contributed by atoms with van der Waals surface area (Å²) in [6.45, 7) is 6.05. The number of esters is 1. The minimum Gasteiger partial charge on any atom is -0.465 e. The van der Waals surface area contributed by atoms with E-state index in [0.29, 0.717) is 6.54 Å². The monoisotopic (exact) mass is 318 g/mol. The minimum atomic E-state index is -0.475. The lowest BCUT2D eigenvalue weighted by atomic mass is 10.1. The van der Waals surface area contributed by atoms with E-state index >= 15 is 0 Å². The zero-order chi connectivity index (χ0) is 17.0. The van der Waals surface area contributed by atoms with E-state index in [4.69, 9.17) is 4.74 Å². The molecule has 23 heavy (non-hydrogen) atoms. The van der Waals surface area contributed by atoms with Crippen LogP contribution in [0.1, 0.15) is 24.5 Å². The molecule has 0 spiro atoms. The molecule has 2 rings (SSSR count). The van der Waals surface area contributed by atoms with E-state index in [0.717, 1.165) is 16.8 Å². The largest absolute Gasteiger partial charge is 0.465 e. The number of hydrogen-bond acceptors (Lipinski definition) is 4. The van der Waals surface area contributed by atoms with Gasteiger partial charge >= 0.3 is 5.97 Å². The molecule has 124 valence electrons. The Morgan fingerprint density at radius 3 is 2.78 bits per heavy atom. The first-order valence-electron chi connectivity index (χ1n) is 7.73. The first-order chi connectivity index (χ1) is 10.9. The highest BCUT2D eigenvalue weighted by Crippen LogP contribution is 2.28. The quantitative estimate of drug-likeness (QED) is 0.831. The van der Waals surface area contributed by atoms with Crippen molar-refractivity contribution in [2.75, 3.05) is 24.6 Å². The third-order valence-corrected chi connectivity index (χ3v) is 3.86. The molecule has 6 nitrogen and oxygen atoms in total. The normalized spacial score (nSPS) is 17.3. The van der Waals surface area contributed by atoms with Crippen LogP contribution in [-0.4, -0.2) is 37.5 Å². The molecule has 6 heteroatoms. The predicted octanol–water partition coefficient (Wildman–Crippen LogP) is 1.34. The van der Waals surface area contributed by atoms with Crippen LogP contribution in [-0.2, 0) is 19.1 Å². The minimum absolute atomic E-state index is 0.0741. The van der Waals surface area contributed by atoms with E-state index in [-0.39, 0.29) is 31.4 Å². The standard InChI is InChI=1S/C17H22N2O4/c1-4-23-16(21)9-18-17(22)13-8-15(20)19(10-13)14-7-11(2)5-6-12(14)3/h5-7,13H,4,8-10H2,1-3H3,(H,18,22). The third kappa shape index (κ3) is 4.09. The smallest absolute Gasteiger partial charge is 0.325 e. The van der Waals surface area contributed by atoms with Gasteiger partial charge in [0.2, 0.25) is 11.8 Å². The summed E-state index contributed by atoms with van der Waals surface area (Å²) in [7, 11) is 0. The van der Waals surface area contributed by atoms with E-state index in [1.807, 2.05) is 32.0 Å². The number of ether oxygens (including phenoxy) is 1. The Balaban J connectivity index is 2.00. The lowest BCUT2D eigenvalue weighted by Gasteiger charge is -2.19. The summed E-state index contributed by atoms with van der Waals surface area (Å²) in [5.74, 6) is -1.29. The van der Waals surface area contributed by atoms with Gasteiger partial charge in [0, 0.05) is 18.7 Å². The van der Waals surface area contributed by atoms with Gasteiger partial charge in [0.15, 0.2) is 0 Å². The first kappa shape index (κ1) is 17.0. The topological polar surface area (TPSA) is 75.7 Å². The molecule has 1 atom stereocenters. The number of rotatable bonds is 5. The van der Waals surface area contributed by atoms with E-state index in [9.17, 15) is 14.4 Å². The molecule has 1 heterocycles. The first-order valence-corrected chi connectivity index (χ1v) is 7.73. The van der Waals surface area contributed by atoms with Gasteiger partial charge in [0.25, 0.3) is 0 Å². The average molecular weight is 318 g/mol. The van der Waals surface area contributed by atoms with Crippen molar-refractivity contribution in [2.24, 2.45) is 5.92 Å². The van der Waals surface area contributed by atoms with Crippen molar-refractivity contribution >= 4 is 23.5 Å². The van der Waals surface area contributed by atoms with E-state index in [1.54, 1.807) is 11.8 Å². The van der Waals surface area contributed by atoms with Crippen molar-refractivity contribution in [1.29, 1.82) is 0 Å². The van der Waals surface area contributed by atoms with Gasteiger partial charge in [-0.2, -0.15) is 0 Å². The molecule has 0 aliphatic carbocycles. The molecule has 1 aliphatic rings. The number of nitrogens with one attached hydrogen (secondary N) is 1. The third-order valence-electron chi connectivity index (χ3n) is 3.86. The van der Waals surface area contributed by atoms with Crippen molar-refractivity contribution in [2.45, 2.75) is 27.2 Å². The fraction of sp³-hybridized carbons (Fsp3) is 0.471. The second-order valence-electron chi connectivity index (χ2n) is 5.72. The average Bonchev–Trinajstić information content (AvgIpc) is 2.89. The summed E-state index contributed by atoms with van der Waals surface area (Å²) in [5.41, 5.74) is 2.90. The highest BCUT2D eigenvalue weighted by Gasteiger charge is 2.35. The van der Waals surface area contributed by atoms with Crippen LogP contribution in [0.15, 0.2) is 18.2 Å². The Hall–Kier alpha value is -2.37. The second-order valence-corrected chi connectivity index (χ2v) is 5.72. The number of carbonyl (C=O) groups excluding carboxylic acids is 3. The lowest BCUT2D eigenvalue weighted by Crippen LogP contribution is -2.36. The highest BCUT2D eigenvalue weighted by molar-refractivity contribution is 6.01.